The maximum Gasteiger partial charge on any atom is 0.341 e. The van der Waals surface area contributed by atoms with E-state index in [1.54, 1.807) is 0 Å². The van der Waals surface area contributed by atoms with Gasteiger partial charge in [0.15, 0.2) is 5.78 Å². The number of amidine groups is 1. The molecule has 4 rings (SSSR count). The predicted molar refractivity (Wildman–Crippen MR) is 156 cm³/mol. The Labute approximate surface area is 234 Å². The number of allylic oxidation sites excluding steroid dienone is 1. The number of aliphatic imine (C=N–C) groups is 1. The van der Waals surface area contributed by atoms with Crippen LogP contribution in [0.25, 0.3) is 0 Å². The number of carbonyl (C=O) groups excluding carboxylic acids is 1. The minimum Gasteiger partial charge on any atom is -0.477 e. The molecule has 2 aliphatic rings. The zero-order valence-electron chi connectivity index (χ0n) is 23.6. The van der Waals surface area contributed by atoms with Gasteiger partial charge >= 0.3 is 5.97 Å². The van der Waals surface area contributed by atoms with E-state index in [1.165, 1.54) is 21.8 Å². The number of carboxylic acids is 1. The van der Waals surface area contributed by atoms with Crippen LogP contribution in [0, 0.1) is 6.92 Å². The van der Waals surface area contributed by atoms with Crippen molar-refractivity contribution in [2.75, 3.05) is 43.8 Å². The van der Waals surface area contributed by atoms with Gasteiger partial charge in [0.2, 0.25) is 5.95 Å². The Morgan fingerprint density at radius 1 is 1.05 bits per heavy atom. The highest BCUT2D eigenvalue weighted by Gasteiger charge is 2.30. The number of nitrogens with two attached hydrogens (primary N) is 1. The third kappa shape index (κ3) is 6.77. The van der Waals surface area contributed by atoms with Crippen molar-refractivity contribution in [1.82, 2.24) is 19.4 Å². The first kappa shape index (κ1) is 29.0. The zero-order valence-corrected chi connectivity index (χ0v) is 23.6. The molecule has 1 fully saturated rings. The molecule has 1 saturated heterocycles. The topological polar surface area (TPSA) is 146 Å². The van der Waals surface area contributed by atoms with Crippen molar-refractivity contribution < 1.29 is 14.7 Å². The molecule has 1 aromatic carbocycles. The van der Waals surface area contributed by atoms with Crippen LogP contribution in [-0.2, 0) is 22.6 Å². The van der Waals surface area contributed by atoms with Gasteiger partial charge in [-0.3, -0.25) is 19.1 Å². The Bertz CT molecular complexity index is 1390. The molecular formula is C29H39N7O4. The van der Waals surface area contributed by atoms with Crippen LogP contribution in [-0.4, -0.2) is 74.8 Å². The molecule has 3 heterocycles. The Morgan fingerprint density at radius 2 is 1.77 bits per heavy atom. The number of aliphatic carboxylic acids is 1. The second kappa shape index (κ2) is 12.9. The van der Waals surface area contributed by atoms with Gasteiger partial charge in [-0.15, -0.1) is 0 Å². The van der Waals surface area contributed by atoms with Crippen molar-refractivity contribution in [2.45, 2.75) is 59.4 Å². The fraction of sp³-hybridized carbons (Fsp3) is 0.483. The summed E-state index contributed by atoms with van der Waals surface area (Å²) in [4.78, 5) is 49.9. The number of aromatic nitrogens is 2. The van der Waals surface area contributed by atoms with E-state index < -0.39 is 5.97 Å². The summed E-state index contributed by atoms with van der Waals surface area (Å²) >= 11 is 0. The van der Waals surface area contributed by atoms with Crippen molar-refractivity contribution in [3.8, 4) is 0 Å². The average Bonchev–Trinajstić information content (AvgIpc) is 2.92. The fourth-order valence-electron chi connectivity index (χ4n) is 5.25. The summed E-state index contributed by atoms with van der Waals surface area (Å²) in [6.45, 7) is 10.5. The number of hydrogen-bond donors (Lipinski definition) is 3. The van der Waals surface area contributed by atoms with Gasteiger partial charge in [-0.1, -0.05) is 19.9 Å². The molecule has 1 aromatic heterocycles. The Kier molecular flexibility index (Phi) is 9.36. The van der Waals surface area contributed by atoms with Crippen molar-refractivity contribution >= 4 is 35.0 Å². The number of carbonyl (C=O) groups is 2. The van der Waals surface area contributed by atoms with E-state index in [0.29, 0.717) is 30.3 Å². The lowest BCUT2D eigenvalue weighted by Gasteiger charge is -2.37. The third-order valence-electron chi connectivity index (χ3n) is 7.58. The summed E-state index contributed by atoms with van der Waals surface area (Å²) in [6.07, 6.45) is 3.07. The van der Waals surface area contributed by atoms with Crippen molar-refractivity contribution in [3.05, 3.63) is 57.0 Å². The summed E-state index contributed by atoms with van der Waals surface area (Å²) < 4.78 is 1.51. The van der Waals surface area contributed by atoms with Gasteiger partial charge in [0.05, 0.1) is 12.1 Å². The first-order chi connectivity index (χ1) is 19.2. The van der Waals surface area contributed by atoms with Gasteiger partial charge in [0.1, 0.15) is 17.2 Å². The maximum absolute atomic E-state index is 12.8. The van der Waals surface area contributed by atoms with Crippen LogP contribution in [0.1, 0.15) is 50.7 Å². The monoisotopic (exact) mass is 549 g/mol. The molecule has 11 nitrogen and oxygen atoms in total. The van der Waals surface area contributed by atoms with Crippen LogP contribution in [0.5, 0.6) is 0 Å². The Hall–Kier alpha value is -3.99. The molecule has 0 atom stereocenters. The highest BCUT2D eigenvalue weighted by molar-refractivity contribution is 6.23. The predicted octanol–water partition coefficient (Wildman–Crippen LogP) is 2.96. The van der Waals surface area contributed by atoms with Gasteiger partial charge in [-0.25, -0.2) is 9.79 Å². The van der Waals surface area contributed by atoms with E-state index in [2.05, 4.69) is 45.0 Å². The molecule has 0 bridgehead atoms. The Morgan fingerprint density at radius 3 is 2.42 bits per heavy atom. The highest BCUT2D eigenvalue weighted by Crippen LogP contribution is 2.22. The second-order valence-corrected chi connectivity index (χ2v) is 10.3. The molecule has 11 heteroatoms. The molecule has 0 amide bonds. The lowest BCUT2D eigenvalue weighted by molar-refractivity contribution is -0.134. The largest absolute Gasteiger partial charge is 0.477 e. The number of aryl methyl sites for hydroxylation is 2. The number of unbranched alkanes of at least 4 members (excludes halogenated alkanes) is 1. The Balaban J connectivity index is 1.25. The van der Waals surface area contributed by atoms with E-state index >= 15 is 0 Å². The summed E-state index contributed by atoms with van der Waals surface area (Å²) in [5.41, 5.74) is 9.49. The smallest absolute Gasteiger partial charge is 0.341 e. The number of nitrogens with one attached hydrogen (secondary N) is 1. The number of ketones is 1. The van der Waals surface area contributed by atoms with E-state index in [9.17, 15) is 19.5 Å². The number of carboxylic acid groups (broad SMARTS) is 1. The SMILES string of the molecule is CCC1=C(C(=O)O)C(=O)CC(N2CCN(CCCCn3c(N)nc(Nc4ccc(C)c(CC)c4)cc3=O)CC2)=N1. The minimum absolute atomic E-state index is 0.0362. The van der Waals surface area contributed by atoms with E-state index in [1.807, 2.05) is 19.1 Å². The van der Waals surface area contributed by atoms with Gasteiger partial charge in [-0.2, -0.15) is 4.98 Å². The van der Waals surface area contributed by atoms with E-state index in [4.69, 9.17) is 5.73 Å². The van der Waals surface area contributed by atoms with Crippen LogP contribution in [0.4, 0.5) is 17.5 Å². The molecule has 0 spiro atoms. The number of benzene rings is 1. The van der Waals surface area contributed by atoms with Gasteiger partial charge < -0.3 is 21.1 Å². The van der Waals surface area contributed by atoms with Crippen LogP contribution >= 0.6 is 0 Å². The fourth-order valence-corrected chi connectivity index (χ4v) is 5.25. The zero-order chi connectivity index (χ0) is 28.8. The third-order valence-corrected chi connectivity index (χ3v) is 7.58. The lowest BCUT2D eigenvalue weighted by Crippen LogP contribution is -2.49. The molecule has 0 unspecified atom stereocenters. The van der Waals surface area contributed by atoms with Crippen LogP contribution in [0.15, 0.2) is 45.3 Å². The number of nitrogens with zero attached hydrogens (tertiary/aromatic N) is 5. The molecule has 0 radical (unpaired) electrons. The molecule has 40 heavy (non-hydrogen) atoms. The molecule has 0 saturated carbocycles. The number of hydrogen-bond acceptors (Lipinski definition) is 9. The molecule has 214 valence electrons. The summed E-state index contributed by atoms with van der Waals surface area (Å²) in [5.74, 6) is -0.270. The summed E-state index contributed by atoms with van der Waals surface area (Å²) in [7, 11) is 0. The molecule has 2 aromatic rings. The van der Waals surface area contributed by atoms with Crippen LogP contribution < -0.4 is 16.6 Å². The minimum atomic E-state index is -1.20. The molecule has 0 aliphatic carbocycles. The normalized spacial score (nSPS) is 16.3. The first-order valence-electron chi connectivity index (χ1n) is 14.0. The van der Waals surface area contributed by atoms with Crippen molar-refractivity contribution in [1.29, 1.82) is 0 Å². The highest BCUT2D eigenvalue weighted by atomic mass is 16.4. The second-order valence-electron chi connectivity index (χ2n) is 10.3. The molecular weight excluding hydrogens is 510 g/mol. The number of nitrogen functional groups attached to an aromatic ring is 1. The number of anilines is 3. The molecule has 4 N–H and O–H groups in total. The first-order valence-corrected chi connectivity index (χ1v) is 14.0. The van der Waals surface area contributed by atoms with E-state index in [-0.39, 0.29) is 29.3 Å². The number of piperazine rings is 1. The average molecular weight is 550 g/mol. The van der Waals surface area contributed by atoms with Crippen LogP contribution in [0.2, 0.25) is 0 Å². The quantitative estimate of drug-likeness (QED) is 0.301. The van der Waals surface area contributed by atoms with Crippen molar-refractivity contribution in [3.63, 3.8) is 0 Å². The van der Waals surface area contributed by atoms with Gasteiger partial charge in [-0.05, 0) is 62.4 Å². The number of Topliss-reactive ketones (excluding diaryl/α,β-unsaturated/α-hetero) is 1. The number of rotatable bonds is 10. The lowest BCUT2D eigenvalue weighted by atomic mass is 10.0. The van der Waals surface area contributed by atoms with E-state index in [0.717, 1.165) is 57.7 Å². The van der Waals surface area contributed by atoms with Crippen LogP contribution in [0.3, 0.4) is 0 Å². The van der Waals surface area contributed by atoms with Gasteiger partial charge in [0, 0.05) is 44.5 Å². The van der Waals surface area contributed by atoms with Crippen molar-refractivity contribution in [2.24, 2.45) is 4.99 Å². The summed E-state index contributed by atoms with van der Waals surface area (Å²) in [6, 6.07) is 7.56. The molecule has 2 aliphatic heterocycles. The maximum atomic E-state index is 12.8. The standard InChI is InChI=1S/C29H39N7O4/c1-4-20-16-21(9-8-19(20)3)31-24-18-26(38)36(29(30)33-24)11-7-6-10-34-12-14-35(15-13-34)25-17-23(37)27(28(39)40)22(5-2)32-25/h8-9,16,18,31H,4-7,10-15,17H2,1-3H3,(H2,30,33)(H,39,40). The van der Waals surface area contributed by atoms with Gasteiger partial charge in [0.25, 0.3) is 5.56 Å². The summed E-state index contributed by atoms with van der Waals surface area (Å²) in [5, 5.41) is 12.5.